The van der Waals surface area contributed by atoms with Crippen LogP contribution in [0.5, 0.6) is 0 Å². The summed E-state index contributed by atoms with van der Waals surface area (Å²) in [6, 6.07) is 16.0. The second-order valence-electron chi connectivity index (χ2n) is 5.62. The van der Waals surface area contributed by atoms with Crippen molar-refractivity contribution >= 4 is 34.6 Å². The van der Waals surface area contributed by atoms with Crippen molar-refractivity contribution in [3.8, 4) is 0 Å². The molecule has 2 amide bonds. The van der Waals surface area contributed by atoms with Crippen LogP contribution in [0, 0.1) is 0 Å². The highest BCUT2D eigenvalue weighted by Gasteiger charge is 2.39. The minimum absolute atomic E-state index is 0.255. The van der Waals surface area contributed by atoms with E-state index in [2.05, 4.69) is 5.32 Å². The molecule has 6 nitrogen and oxygen atoms in total. The first-order valence-corrected chi connectivity index (χ1v) is 9.06. The van der Waals surface area contributed by atoms with Crippen molar-refractivity contribution in [1.82, 2.24) is 4.90 Å². The van der Waals surface area contributed by atoms with E-state index >= 15 is 0 Å². The highest BCUT2D eigenvalue weighted by atomic mass is 32.2. The van der Waals surface area contributed by atoms with Crippen molar-refractivity contribution in [2.75, 3.05) is 11.9 Å². The van der Waals surface area contributed by atoms with Gasteiger partial charge in [-0.1, -0.05) is 30.3 Å². The molecule has 1 aliphatic rings. The minimum Gasteiger partial charge on any atom is -0.462 e. The Balaban J connectivity index is 1.64. The van der Waals surface area contributed by atoms with Gasteiger partial charge in [0.15, 0.2) is 5.37 Å². The Morgan fingerprint density at radius 3 is 2.46 bits per heavy atom. The molecule has 0 bridgehead atoms. The quantitative estimate of drug-likeness (QED) is 0.785. The molecule has 2 aromatic rings. The number of anilines is 1. The molecule has 1 atom stereocenters. The first kappa shape index (κ1) is 18.0. The van der Waals surface area contributed by atoms with E-state index in [-0.39, 0.29) is 17.7 Å². The summed E-state index contributed by atoms with van der Waals surface area (Å²) >= 11 is 0.949. The predicted molar refractivity (Wildman–Crippen MR) is 99.8 cm³/mol. The lowest BCUT2D eigenvalue weighted by Crippen LogP contribution is -2.33. The van der Waals surface area contributed by atoms with Crippen LogP contribution >= 0.6 is 11.8 Å². The second-order valence-corrected chi connectivity index (χ2v) is 6.67. The van der Waals surface area contributed by atoms with Gasteiger partial charge in [0.25, 0.3) is 11.1 Å². The number of benzene rings is 2. The van der Waals surface area contributed by atoms with Crippen LogP contribution in [-0.2, 0) is 16.1 Å². The average Bonchev–Trinajstić information content (AvgIpc) is 2.91. The molecule has 7 heteroatoms. The Morgan fingerprint density at radius 1 is 1.12 bits per heavy atom. The van der Waals surface area contributed by atoms with Crippen LogP contribution in [0.4, 0.5) is 10.5 Å². The molecule has 1 fully saturated rings. The average molecular weight is 370 g/mol. The van der Waals surface area contributed by atoms with Gasteiger partial charge in [0.2, 0.25) is 0 Å². The predicted octanol–water partition coefficient (Wildman–Crippen LogP) is 3.50. The maximum Gasteiger partial charge on any atom is 0.338 e. The Kier molecular flexibility index (Phi) is 5.58. The fourth-order valence-corrected chi connectivity index (χ4v) is 3.42. The highest BCUT2D eigenvalue weighted by molar-refractivity contribution is 8.15. The van der Waals surface area contributed by atoms with Gasteiger partial charge in [0, 0.05) is 5.69 Å². The van der Waals surface area contributed by atoms with Crippen molar-refractivity contribution in [2.24, 2.45) is 0 Å². The number of thioether (sulfide) groups is 1. The molecular weight excluding hydrogens is 352 g/mol. The summed E-state index contributed by atoms with van der Waals surface area (Å²) in [7, 11) is 0. The van der Waals surface area contributed by atoms with Gasteiger partial charge >= 0.3 is 5.97 Å². The van der Waals surface area contributed by atoms with Crippen LogP contribution in [0.1, 0.15) is 22.8 Å². The van der Waals surface area contributed by atoms with E-state index in [1.165, 1.54) is 4.90 Å². The number of amides is 2. The molecule has 0 aliphatic carbocycles. The number of imide groups is 1. The number of nitrogens with one attached hydrogen (secondary N) is 1. The van der Waals surface area contributed by atoms with Crippen LogP contribution in [0.25, 0.3) is 0 Å². The summed E-state index contributed by atoms with van der Waals surface area (Å²) in [5.41, 5.74) is 1.98. The summed E-state index contributed by atoms with van der Waals surface area (Å²) < 4.78 is 4.93. The van der Waals surface area contributed by atoms with E-state index in [0.717, 1.165) is 17.3 Å². The van der Waals surface area contributed by atoms with Crippen LogP contribution in [0.2, 0.25) is 0 Å². The topological polar surface area (TPSA) is 75.7 Å². The standard InChI is InChI=1S/C19H18N2O4S/c1-2-25-18(23)14-8-10-15(11-9-14)20-16-17(22)21(19(24)26-16)12-13-6-4-3-5-7-13/h3-11,16,20H,2,12H2,1H3/t16-/m1/s1. The van der Waals surface area contributed by atoms with Crippen LogP contribution in [0.3, 0.4) is 0 Å². The van der Waals surface area contributed by atoms with E-state index in [4.69, 9.17) is 4.74 Å². The summed E-state index contributed by atoms with van der Waals surface area (Å²) in [6.07, 6.45) is 0. The zero-order valence-electron chi connectivity index (χ0n) is 14.2. The third kappa shape index (κ3) is 4.05. The maximum absolute atomic E-state index is 12.5. The number of nitrogens with zero attached hydrogens (tertiary/aromatic N) is 1. The number of esters is 1. The van der Waals surface area contributed by atoms with Crippen molar-refractivity contribution in [1.29, 1.82) is 0 Å². The van der Waals surface area contributed by atoms with Gasteiger partial charge < -0.3 is 10.1 Å². The Hall–Kier alpha value is -2.80. The number of hydrogen-bond donors (Lipinski definition) is 1. The second kappa shape index (κ2) is 8.05. The largest absolute Gasteiger partial charge is 0.462 e. The monoisotopic (exact) mass is 370 g/mol. The Bertz CT molecular complexity index is 808. The van der Waals surface area contributed by atoms with Crippen molar-refractivity contribution in [3.63, 3.8) is 0 Å². The molecule has 1 aliphatic heterocycles. The van der Waals surface area contributed by atoms with Crippen LogP contribution < -0.4 is 5.32 Å². The lowest BCUT2D eigenvalue weighted by Gasteiger charge is -2.15. The Labute approximate surface area is 155 Å². The molecule has 134 valence electrons. The summed E-state index contributed by atoms with van der Waals surface area (Å²) in [5.74, 6) is -0.673. The van der Waals surface area contributed by atoms with Gasteiger partial charge in [-0.2, -0.15) is 0 Å². The molecule has 0 saturated carbocycles. The van der Waals surface area contributed by atoms with Gasteiger partial charge in [0.05, 0.1) is 18.7 Å². The van der Waals surface area contributed by atoms with Crippen LogP contribution in [0.15, 0.2) is 54.6 Å². The summed E-state index contributed by atoms with van der Waals surface area (Å²) in [4.78, 5) is 37.6. The van der Waals surface area contributed by atoms with Gasteiger partial charge in [-0.05, 0) is 48.5 Å². The van der Waals surface area contributed by atoms with Crippen LogP contribution in [-0.4, -0.2) is 34.0 Å². The van der Waals surface area contributed by atoms with E-state index in [9.17, 15) is 14.4 Å². The fourth-order valence-electron chi connectivity index (χ4n) is 2.51. The van der Waals surface area contributed by atoms with E-state index < -0.39 is 11.3 Å². The lowest BCUT2D eigenvalue weighted by atomic mass is 10.2. The summed E-state index contributed by atoms with van der Waals surface area (Å²) in [6.45, 7) is 2.31. The maximum atomic E-state index is 12.5. The molecule has 0 spiro atoms. The molecule has 1 heterocycles. The number of ether oxygens (including phenoxy) is 1. The number of carbonyl (C=O) groups excluding carboxylic acids is 3. The zero-order chi connectivity index (χ0) is 18.5. The Morgan fingerprint density at radius 2 is 1.81 bits per heavy atom. The molecule has 1 saturated heterocycles. The smallest absolute Gasteiger partial charge is 0.338 e. The molecule has 1 N–H and O–H groups in total. The molecular formula is C19H18N2O4S. The first-order chi connectivity index (χ1) is 12.6. The molecule has 3 rings (SSSR count). The van der Waals surface area contributed by atoms with Gasteiger partial charge in [-0.3, -0.25) is 14.5 Å². The van der Waals surface area contributed by atoms with Gasteiger partial charge in [0.1, 0.15) is 0 Å². The third-order valence-corrected chi connectivity index (χ3v) is 4.78. The van der Waals surface area contributed by atoms with E-state index in [1.54, 1.807) is 31.2 Å². The van der Waals surface area contributed by atoms with Gasteiger partial charge in [-0.25, -0.2) is 4.79 Å². The first-order valence-electron chi connectivity index (χ1n) is 8.18. The molecule has 26 heavy (non-hydrogen) atoms. The molecule has 0 aromatic heterocycles. The number of carbonyl (C=O) groups is 3. The lowest BCUT2D eigenvalue weighted by molar-refractivity contribution is -0.126. The normalized spacial score (nSPS) is 16.7. The third-order valence-electron chi connectivity index (χ3n) is 3.81. The summed E-state index contributed by atoms with van der Waals surface area (Å²) in [5, 5.41) is 2.07. The minimum atomic E-state index is -0.681. The van der Waals surface area contributed by atoms with E-state index in [0.29, 0.717) is 17.9 Å². The molecule has 0 unspecified atom stereocenters. The molecule has 0 radical (unpaired) electrons. The van der Waals surface area contributed by atoms with Gasteiger partial charge in [-0.15, -0.1) is 0 Å². The number of rotatable bonds is 6. The van der Waals surface area contributed by atoms with E-state index in [1.807, 2.05) is 30.3 Å². The van der Waals surface area contributed by atoms with Crippen molar-refractivity contribution in [2.45, 2.75) is 18.8 Å². The zero-order valence-corrected chi connectivity index (χ0v) is 15.0. The van der Waals surface area contributed by atoms with Crippen molar-refractivity contribution < 1.29 is 19.1 Å². The molecule has 2 aromatic carbocycles. The highest BCUT2D eigenvalue weighted by Crippen LogP contribution is 2.29. The van der Waals surface area contributed by atoms with Crippen molar-refractivity contribution in [3.05, 3.63) is 65.7 Å². The number of hydrogen-bond acceptors (Lipinski definition) is 6. The fraction of sp³-hybridized carbons (Fsp3) is 0.211. The SMILES string of the molecule is CCOC(=O)c1ccc(N[C@@H]2SC(=O)N(Cc3ccccc3)C2=O)cc1.